The number of halogens is 2. The highest BCUT2D eigenvalue weighted by molar-refractivity contribution is 14.1. The van der Waals surface area contributed by atoms with Crippen molar-refractivity contribution in [2.75, 3.05) is 0 Å². The molecule has 4 heteroatoms. The van der Waals surface area contributed by atoms with Crippen LogP contribution < -0.4 is 0 Å². The van der Waals surface area contributed by atoms with E-state index in [0.29, 0.717) is 5.15 Å². The third-order valence-corrected chi connectivity index (χ3v) is 4.19. The van der Waals surface area contributed by atoms with Crippen LogP contribution in [0.25, 0.3) is 0 Å². The van der Waals surface area contributed by atoms with Gasteiger partial charge in [-0.15, -0.1) is 0 Å². The van der Waals surface area contributed by atoms with E-state index in [9.17, 15) is 0 Å². The summed E-state index contributed by atoms with van der Waals surface area (Å²) in [5.41, 5.74) is 2.23. The summed E-state index contributed by atoms with van der Waals surface area (Å²) in [5, 5.41) is 0.559. The Labute approximate surface area is 120 Å². The Bertz CT molecular complexity index is 514. The van der Waals surface area contributed by atoms with Gasteiger partial charge in [-0.05, 0) is 34.6 Å². The predicted octanol–water partition coefficient (Wildman–Crippen LogP) is 3.89. The second-order valence-corrected chi connectivity index (χ2v) is 5.14. The summed E-state index contributed by atoms with van der Waals surface area (Å²) in [4.78, 5) is 8.87. The molecular weight excluding hydrogens is 347 g/mol. The average molecular weight is 359 g/mol. The number of rotatable bonds is 3. The van der Waals surface area contributed by atoms with E-state index in [4.69, 9.17) is 11.6 Å². The van der Waals surface area contributed by atoms with Gasteiger partial charge in [-0.2, -0.15) is 0 Å². The normalized spacial score (nSPS) is 10.5. The van der Waals surface area contributed by atoms with Gasteiger partial charge in [-0.1, -0.05) is 48.9 Å². The maximum atomic E-state index is 6.11. The lowest BCUT2D eigenvalue weighted by molar-refractivity contribution is 0.895. The second kappa shape index (κ2) is 5.78. The van der Waals surface area contributed by atoms with E-state index in [2.05, 4.69) is 51.6 Å². The zero-order valence-electron chi connectivity index (χ0n) is 9.45. The molecule has 2 rings (SSSR count). The molecule has 0 fully saturated rings. The molecule has 0 amide bonds. The van der Waals surface area contributed by atoms with Gasteiger partial charge in [0, 0.05) is 6.42 Å². The van der Waals surface area contributed by atoms with Crippen molar-refractivity contribution >= 4 is 34.2 Å². The number of hydrogen-bond donors (Lipinski definition) is 0. The lowest BCUT2D eigenvalue weighted by atomic mass is 10.1. The quantitative estimate of drug-likeness (QED) is 0.614. The monoisotopic (exact) mass is 358 g/mol. The fourth-order valence-electron chi connectivity index (χ4n) is 1.60. The summed E-state index contributed by atoms with van der Waals surface area (Å²) >= 11 is 8.30. The van der Waals surface area contributed by atoms with Crippen molar-refractivity contribution in [3.05, 3.63) is 56.1 Å². The van der Waals surface area contributed by atoms with Gasteiger partial charge in [-0.3, -0.25) is 0 Å². The Morgan fingerprint density at radius 3 is 2.53 bits per heavy atom. The van der Waals surface area contributed by atoms with Gasteiger partial charge >= 0.3 is 0 Å². The molecule has 0 saturated heterocycles. The summed E-state index contributed by atoms with van der Waals surface area (Å²) in [6.07, 6.45) is 1.60. The Kier molecular flexibility index (Phi) is 4.34. The van der Waals surface area contributed by atoms with Crippen LogP contribution in [0, 0.1) is 3.57 Å². The largest absolute Gasteiger partial charge is 0.236 e. The topological polar surface area (TPSA) is 25.8 Å². The van der Waals surface area contributed by atoms with E-state index in [1.54, 1.807) is 0 Å². The molecular formula is C13H12ClIN2. The molecule has 0 spiro atoms. The van der Waals surface area contributed by atoms with Crippen LogP contribution in [0.2, 0.25) is 5.15 Å². The molecule has 2 nitrogen and oxygen atoms in total. The van der Waals surface area contributed by atoms with Crippen LogP contribution in [0.3, 0.4) is 0 Å². The minimum Gasteiger partial charge on any atom is -0.236 e. The molecule has 0 aliphatic rings. The summed E-state index contributed by atoms with van der Waals surface area (Å²) < 4.78 is 0.962. The molecule has 0 N–H and O–H groups in total. The van der Waals surface area contributed by atoms with Gasteiger partial charge in [0.15, 0.2) is 0 Å². The Morgan fingerprint density at radius 2 is 1.88 bits per heavy atom. The number of hydrogen-bond acceptors (Lipinski definition) is 2. The minimum absolute atomic E-state index is 0.559. The zero-order chi connectivity index (χ0) is 12.3. The van der Waals surface area contributed by atoms with Crippen LogP contribution in [-0.2, 0) is 12.8 Å². The molecule has 1 aromatic carbocycles. The van der Waals surface area contributed by atoms with E-state index >= 15 is 0 Å². The fraction of sp³-hybridized carbons (Fsp3) is 0.231. The Hall–Kier alpha value is -0.680. The number of aromatic nitrogens is 2. The third-order valence-electron chi connectivity index (χ3n) is 2.47. The predicted molar refractivity (Wildman–Crippen MR) is 78.4 cm³/mol. The highest BCUT2D eigenvalue weighted by atomic mass is 127. The van der Waals surface area contributed by atoms with Gasteiger partial charge in [-0.25, -0.2) is 9.97 Å². The van der Waals surface area contributed by atoms with Crippen molar-refractivity contribution in [3.8, 4) is 0 Å². The molecule has 2 aromatic rings. The molecule has 0 saturated carbocycles. The first-order valence-corrected chi connectivity index (χ1v) is 6.91. The van der Waals surface area contributed by atoms with Gasteiger partial charge in [0.1, 0.15) is 11.0 Å². The molecule has 1 heterocycles. The lowest BCUT2D eigenvalue weighted by Gasteiger charge is -2.06. The summed E-state index contributed by atoms with van der Waals surface area (Å²) in [6.45, 7) is 2.08. The van der Waals surface area contributed by atoms with Crippen LogP contribution in [0.1, 0.15) is 24.0 Å². The van der Waals surface area contributed by atoms with Gasteiger partial charge in [0.05, 0.1) is 9.26 Å². The highest BCUT2D eigenvalue weighted by Gasteiger charge is 2.09. The van der Waals surface area contributed by atoms with Crippen molar-refractivity contribution in [1.29, 1.82) is 0 Å². The van der Waals surface area contributed by atoms with E-state index < -0.39 is 0 Å². The zero-order valence-corrected chi connectivity index (χ0v) is 12.4. The van der Waals surface area contributed by atoms with Gasteiger partial charge < -0.3 is 0 Å². The smallest absolute Gasteiger partial charge is 0.146 e. The molecule has 0 atom stereocenters. The van der Waals surface area contributed by atoms with Crippen molar-refractivity contribution in [2.24, 2.45) is 0 Å². The number of nitrogens with zero attached hydrogens (tertiary/aromatic N) is 2. The maximum Gasteiger partial charge on any atom is 0.146 e. The lowest BCUT2D eigenvalue weighted by Crippen LogP contribution is -2.03. The van der Waals surface area contributed by atoms with E-state index in [0.717, 1.165) is 27.9 Å². The first-order chi connectivity index (χ1) is 8.20. The highest BCUT2D eigenvalue weighted by Crippen LogP contribution is 2.20. The van der Waals surface area contributed by atoms with Gasteiger partial charge in [0.2, 0.25) is 0 Å². The summed E-state index contributed by atoms with van der Waals surface area (Å²) in [6, 6.07) is 10.2. The van der Waals surface area contributed by atoms with Crippen molar-refractivity contribution in [1.82, 2.24) is 9.97 Å². The van der Waals surface area contributed by atoms with Crippen molar-refractivity contribution < 1.29 is 0 Å². The van der Waals surface area contributed by atoms with E-state index in [-0.39, 0.29) is 0 Å². The van der Waals surface area contributed by atoms with Crippen LogP contribution in [-0.4, -0.2) is 9.97 Å². The van der Waals surface area contributed by atoms with Gasteiger partial charge in [0.25, 0.3) is 0 Å². The van der Waals surface area contributed by atoms with Crippen LogP contribution >= 0.6 is 34.2 Å². The molecule has 0 unspecified atom stereocenters. The molecule has 0 aliphatic carbocycles. The molecule has 0 bridgehead atoms. The first kappa shape index (κ1) is 12.8. The Balaban J connectivity index is 2.31. The van der Waals surface area contributed by atoms with Crippen molar-refractivity contribution in [2.45, 2.75) is 19.8 Å². The fourth-order valence-corrected chi connectivity index (χ4v) is 2.43. The summed E-state index contributed by atoms with van der Waals surface area (Å²) in [7, 11) is 0. The summed E-state index contributed by atoms with van der Waals surface area (Å²) in [5.74, 6) is 0.790. The molecule has 88 valence electrons. The standard InChI is InChI=1S/C13H12ClIN2/c1-2-10-12(15)13(14)17-11(16-10)8-9-6-4-3-5-7-9/h3-7H,2,8H2,1H3. The maximum absolute atomic E-state index is 6.11. The molecule has 0 aliphatic heterocycles. The second-order valence-electron chi connectivity index (χ2n) is 3.71. The molecule has 0 radical (unpaired) electrons. The Morgan fingerprint density at radius 1 is 1.18 bits per heavy atom. The minimum atomic E-state index is 0.559. The van der Waals surface area contributed by atoms with Crippen molar-refractivity contribution in [3.63, 3.8) is 0 Å². The van der Waals surface area contributed by atoms with Crippen LogP contribution in [0.4, 0.5) is 0 Å². The number of aryl methyl sites for hydroxylation is 1. The molecule has 1 aromatic heterocycles. The third kappa shape index (κ3) is 3.16. The first-order valence-electron chi connectivity index (χ1n) is 5.45. The average Bonchev–Trinajstić information content (AvgIpc) is 2.35. The van der Waals surface area contributed by atoms with E-state index in [1.165, 1.54) is 5.56 Å². The SMILES string of the molecule is CCc1nc(Cc2ccccc2)nc(Cl)c1I. The number of benzene rings is 1. The molecule has 17 heavy (non-hydrogen) atoms. The van der Waals surface area contributed by atoms with E-state index in [1.807, 2.05) is 18.2 Å². The van der Waals surface area contributed by atoms with Crippen LogP contribution in [0.5, 0.6) is 0 Å². The van der Waals surface area contributed by atoms with Crippen LogP contribution in [0.15, 0.2) is 30.3 Å².